The van der Waals surface area contributed by atoms with E-state index in [1.54, 1.807) is 0 Å². The van der Waals surface area contributed by atoms with E-state index in [-0.39, 0.29) is 5.41 Å². The van der Waals surface area contributed by atoms with Gasteiger partial charge in [-0.2, -0.15) is 0 Å². The van der Waals surface area contributed by atoms with E-state index in [1.807, 2.05) is 6.07 Å². The molecule has 0 fully saturated rings. The molecule has 13 rings (SSSR count). The number of allylic oxidation sites excluding steroid dienone is 4. The van der Waals surface area contributed by atoms with Crippen LogP contribution < -0.4 is 19.5 Å². The molecule has 2 heterocycles. The van der Waals surface area contributed by atoms with Crippen molar-refractivity contribution in [3.8, 4) is 22.3 Å². The molecule has 5 heteroatoms. The summed E-state index contributed by atoms with van der Waals surface area (Å²) in [6.07, 6.45) is 7.11. The molecule has 326 valence electrons. The van der Waals surface area contributed by atoms with E-state index in [2.05, 4.69) is 253 Å². The van der Waals surface area contributed by atoms with Gasteiger partial charge in [0.05, 0.1) is 11.4 Å². The molecule has 0 bridgehead atoms. The zero-order valence-electron chi connectivity index (χ0n) is 38.1. The van der Waals surface area contributed by atoms with Crippen LogP contribution in [0.3, 0.4) is 0 Å². The van der Waals surface area contributed by atoms with E-state index in [4.69, 9.17) is 4.42 Å². The minimum Gasteiger partial charge on any atom is -0.456 e. The number of benzene rings is 9. The summed E-state index contributed by atoms with van der Waals surface area (Å²) in [5, 5.41) is 3.58. The molecule has 1 aliphatic heterocycles. The van der Waals surface area contributed by atoms with Crippen molar-refractivity contribution < 1.29 is 4.42 Å². The highest BCUT2D eigenvalue weighted by molar-refractivity contribution is 7.70. The fourth-order valence-electron chi connectivity index (χ4n) is 10.9. The molecule has 2 aliphatic carbocycles. The molecule has 68 heavy (non-hydrogen) atoms. The quantitative estimate of drug-likeness (QED) is 0.142. The van der Waals surface area contributed by atoms with Crippen LogP contribution in [0.25, 0.3) is 49.8 Å². The highest BCUT2D eigenvalue weighted by Gasteiger charge is 2.41. The van der Waals surface area contributed by atoms with E-state index in [9.17, 15) is 0 Å². The Kier molecular flexibility index (Phi) is 9.59. The molecular weight excluding hydrogens is 846 g/mol. The SMILES string of the molecule is CC1(C)C2=CCCC=C2c2ccc(N(c3ccc(-c4ccc5c(c4)N(c4ccccc4)P(c4ccccc4)N5c4ccccc4)cc3)c3ccc(-c4cccc5oc6ccccc6c45)cc3)cc21. The van der Waals surface area contributed by atoms with Crippen LogP contribution in [0.2, 0.25) is 0 Å². The zero-order chi connectivity index (χ0) is 45.3. The highest BCUT2D eigenvalue weighted by Crippen LogP contribution is 2.65. The molecule has 9 aromatic carbocycles. The Morgan fingerprint density at radius 1 is 0.471 bits per heavy atom. The lowest BCUT2D eigenvalue weighted by atomic mass is 9.80. The average Bonchev–Trinajstić information content (AvgIpc) is 4.03. The second-order valence-electron chi connectivity index (χ2n) is 18.5. The van der Waals surface area contributed by atoms with Gasteiger partial charge in [-0.3, -0.25) is 9.34 Å². The van der Waals surface area contributed by atoms with Crippen molar-refractivity contribution in [2.45, 2.75) is 32.1 Å². The summed E-state index contributed by atoms with van der Waals surface area (Å²) in [6.45, 7) is 4.78. The number of hydrogen-bond donors (Lipinski definition) is 0. The fraction of sp³-hybridized carbons (Fsp3) is 0.0794. The van der Waals surface area contributed by atoms with Crippen molar-refractivity contribution in [2.75, 3.05) is 14.2 Å². The maximum Gasteiger partial charge on any atom is 0.138 e. The molecule has 0 amide bonds. The van der Waals surface area contributed by atoms with Gasteiger partial charge >= 0.3 is 0 Å². The van der Waals surface area contributed by atoms with Gasteiger partial charge in [0.25, 0.3) is 0 Å². The van der Waals surface area contributed by atoms with Gasteiger partial charge in [0.2, 0.25) is 0 Å². The molecule has 0 spiro atoms. The standard InChI is InChI=1S/C63H48N3OP/c1-63(2)56-26-14-12-23-53(56)54-39-38-50(42-57(54)63)64(47-36-31-44(32-37-47)52-25-16-28-61-62(52)55-24-13-15-27-60(55)67-61)46-34-29-43(30-35-46)45-33-40-58-59(41-45)66(49-19-8-4-9-20-49)68(51-21-10-5-11-22-51)65(58)48-17-6-3-7-18-48/h3-11,13,15-42H,12,14H2,1-2H3. The van der Waals surface area contributed by atoms with Gasteiger partial charge in [-0.15, -0.1) is 0 Å². The van der Waals surface area contributed by atoms with Crippen LogP contribution in [-0.2, 0) is 5.41 Å². The molecule has 0 radical (unpaired) electrons. The van der Waals surface area contributed by atoms with Crippen molar-refractivity contribution in [1.29, 1.82) is 0 Å². The molecule has 3 aliphatic rings. The Morgan fingerprint density at radius 2 is 1.06 bits per heavy atom. The van der Waals surface area contributed by atoms with Crippen molar-refractivity contribution in [2.24, 2.45) is 0 Å². The van der Waals surface area contributed by atoms with Crippen LogP contribution in [0.5, 0.6) is 0 Å². The molecule has 1 atom stereocenters. The number of fused-ring (bicyclic) bond motifs is 7. The normalized spacial score (nSPS) is 15.8. The first-order valence-corrected chi connectivity index (χ1v) is 24.9. The summed E-state index contributed by atoms with van der Waals surface area (Å²) in [6, 6.07) is 79.7. The number of furan rings is 1. The van der Waals surface area contributed by atoms with Gasteiger partial charge in [0.1, 0.15) is 19.4 Å². The topological polar surface area (TPSA) is 22.9 Å². The van der Waals surface area contributed by atoms with Gasteiger partial charge in [-0.1, -0.05) is 159 Å². The number of rotatable bonds is 8. The first kappa shape index (κ1) is 40.4. The second-order valence-corrected chi connectivity index (χ2v) is 20.4. The van der Waals surface area contributed by atoms with Gasteiger partial charge < -0.3 is 9.32 Å². The van der Waals surface area contributed by atoms with Crippen LogP contribution in [0.15, 0.2) is 241 Å². The summed E-state index contributed by atoms with van der Waals surface area (Å²) in [7, 11) is -0.991. The molecule has 4 nitrogen and oxygen atoms in total. The van der Waals surface area contributed by atoms with E-state index >= 15 is 0 Å². The molecular formula is C63H48N3OP. The predicted octanol–water partition coefficient (Wildman–Crippen LogP) is 17.7. The third-order valence-electron chi connectivity index (χ3n) is 14.1. The van der Waals surface area contributed by atoms with E-state index in [0.29, 0.717) is 0 Å². The molecule has 1 aromatic heterocycles. The van der Waals surface area contributed by atoms with Gasteiger partial charge in [-0.05, 0) is 142 Å². The Labute approximate surface area is 399 Å². The largest absolute Gasteiger partial charge is 0.456 e. The molecule has 10 aromatic rings. The van der Waals surface area contributed by atoms with Crippen LogP contribution in [0.4, 0.5) is 39.8 Å². The highest BCUT2D eigenvalue weighted by atomic mass is 31.1. The molecule has 0 saturated heterocycles. The maximum absolute atomic E-state index is 6.30. The first-order chi connectivity index (χ1) is 33.5. The maximum atomic E-state index is 6.30. The number of hydrogen-bond acceptors (Lipinski definition) is 4. The van der Waals surface area contributed by atoms with Crippen molar-refractivity contribution in [3.05, 3.63) is 247 Å². The Balaban J connectivity index is 0.917. The Bertz CT molecular complexity index is 3600. The summed E-state index contributed by atoms with van der Waals surface area (Å²) >= 11 is 0. The van der Waals surface area contributed by atoms with Gasteiger partial charge in [-0.25, -0.2) is 0 Å². The average molecular weight is 894 g/mol. The van der Waals surface area contributed by atoms with Crippen LogP contribution >= 0.6 is 8.22 Å². The Morgan fingerprint density at radius 3 is 1.78 bits per heavy atom. The molecule has 0 saturated carbocycles. The lowest BCUT2D eigenvalue weighted by Crippen LogP contribution is -2.21. The van der Waals surface area contributed by atoms with E-state index < -0.39 is 8.22 Å². The minimum absolute atomic E-state index is 0.0822. The number of anilines is 7. The van der Waals surface area contributed by atoms with Gasteiger partial charge in [0, 0.05) is 49.9 Å². The van der Waals surface area contributed by atoms with Crippen molar-refractivity contribution in [3.63, 3.8) is 0 Å². The minimum atomic E-state index is -0.991. The van der Waals surface area contributed by atoms with Crippen LogP contribution in [-0.4, -0.2) is 0 Å². The third-order valence-corrected chi connectivity index (χ3v) is 16.6. The predicted molar refractivity (Wildman–Crippen MR) is 288 cm³/mol. The van der Waals surface area contributed by atoms with Crippen molar-refractivity contribution >= 4 is 80.9 Å². The summed E-state index contributed by atoms with van der Waals surface area (Å²) < 4.78 is 11.4. The summed E-state index contributed by atoms with van der Waals surface area (Å²) in [5.74, 6) is 0. The number of para-hydroxylation sites is 3. The lowest BCUT2D eigenvalue weighted by molar-refractivity contribution is 0.654. The number of nitrogens with zero attached hydrogens (tertiary/aromatic N) is 3. The van der Waals surface area contributed by atoms with Crippen LogP contribution in [0, 0.1) is 0 Å². The Hall–Kier alpha value is -7.91. The first-order valence-electron chi connectivity index (χ1n) is 23.7. The summed E-state index contributed by atoms with van der Waals surface area (Å²) in [4.78, 5) is 2.42. The van der Waals surface area contributed by atoms with Gasteiger partial charge in [0.15, 0.2) is 0 Å². The second kappa shape index (κ2) is 16.2. The summed E-state index contributed by atoms with van der Waals surface area (Å²) in [5.41, 5.74) is 20.1. The smallest absolute Gasteiger partial charge is 0.138 e. The van der Waals surface area contributed by atoms with Crippen LogP contribution in [0.1, 0.15) is 37.8 Å². The molecule has 0 N–H and O–H groups in total. The molecule has 1 unspecified atom stereocenters. The lowest BCUT2D eigenvalue weighted by Gasteiger charge is -2.32. The monoisotopic (exact) mass is 893 g/mol. The third kappa shape index (κ3) is 6.54. The van der Waals surface area contributed by atoms with E-state index in [1.165, 1.54) is 67.0 Å². The van der Waals surface area contributed by atoms with Crippen molar-refractivity contribution in [1.82, 2.24) is 0 Å². The zero-order valence-corrected chi connectivity index (χ0v) is 38.9. The van der Waals surface area contributed by atoms with E-state index in [0.717, 1.165) is 57.4 Å². The fourth-order valence-corrected chi connectivity index (χ4v) is 13.4.